The van der Waals surface area contributed by atoms with Gasteiger partial charge in [-0.05, 0) is 30.2 Å². The second-order valence-electron chi connectivity index (χ2n) is 5.88. The molecule has 0 fully saturated rings. The second-order valence-corrected chi connectivity index (χ2v) is 5.88. The fourth-order valence-corrected chi connectivity index (χ4v) is 3.15. The number of aromatic nitrogens is 2. The standard InChI is InChI=1S/C19H19N3O3/c1-23-14-7-8-15(17(11-14)24-2)19-20-18(25-21-19)12-22-10-9-13-5-3-4-6-16(13)22/h3-8,11H,9-10,12H2,1-2H3. The summed E-state index contributed by atoms with van der Waals surface area (Å²) in [5.41, 5.74) is 3.38. The molecule has 6 nitrogen and oxygen atoms in total. The highest BCUT2D eigenvalue weighted by atomic mass is 16.5. The zero-order valence-corrected chi connectivity index (χ0v) is 14.2. The predicted molar refractivity (Wildman–Crippen MR) is 94.0 cm³/mol. The van der Waals surface area contributed by atoms with Gasteiger partial charge in [0, 0.05) is 18.3 Å². The molecule has 0 saturated heterocycles. The largest absolute Gasteiger partial charge is 0.497 e. The molecule has 1 aliphatic rings. The van der Waals surface area contributed by atoms with Crippen LogP contribution in [0.1, 0.15) is 11.5 Å². The molecule has 0 radical (unpaired) electrons. The van der Waals surface area contributed by atoms with Gasteiger partial charge < -0.3 is 18.9 Å². The Morgan fingerprint density at radius 2 is 2.00 bits per heavy atom. The van der Waals surface area contributed by atoms with Gasteiger partial charge in [-0.1, -0.05) is 23.4 Å². The van der Waals surface area contributed by atoms with E-state index < -0.39 is 0 Å². The van der Waals surface area contributed by atoms with Crippen molar-refractivity contribution >= 4 is 5.69 Å². The maximum atomic E-state index is 5.46. The minimum atomic E-state index is 0.516. The molecule has 2 aromatic carbocycles. The van der Waals surface area contributed by atoms with Crippen LogP contribution in [0.3, 0.4) is 0 Å². The van der Waals surface area contributed by atoms with Gasteiger partial charge in [0.15, 0.2) is 0 Å². The number of para-hydroxylation sites is 1. The lowest BCUT2D eigenvalue weighted by Crippen LogP contribution is -2.19. The van der Waals surface area contributed by atoms with Crippen LogP contribution < -0.4 is 14.4 Å². The lowest BCUT2D eigenvalue weighted by atomic mass is 10.2. The Morgan fingerprint density at radius 3 is 2.84 bits per heavy atom. The van der Waals surface area contributed by atoms with Crippen molar-refractivity contribution in [3.8, 4) is 22.9 Å². The third kappa shape index (κ3) is 2.91. The fourth-order valence-electron chi connectivity index (χ4n) is 3.15. The molecule has 0 bridgehead atoms. The Bertz CT molecular complexity index is 891. The number of ether oxygens (including phenoxy) is 2. The first kappa shape index (κ1) is 15.5. The molecule has 1 aromatic heterocycles. The van der Waals surface area contributed by atoms with Gasteiger partial charge in [0.2, 0.25) is 11.7 Å². The van der Waals surface area contributed by atoms with Crippen LogP contribution in [0.25, 0.3) is 11.4 Å². The number of fused-ring (bicyclic) bond motifs is 1. The number of methoxy groups -OCH3 is 2. The number of anilines is 1. The average Bonchev–Trinajstić information content (AvgIpc) is 3.29. The van der Waals surface area contributed by atoms with Crippen LogP contribution in [0.4, 0.5) is 5.69 Å². The molecule has 0 atom stereocenters. The summed E-state index contributed by atoms with van der Waals surface area (Å²) in [6.07, 6.45) is 1.05. The lowest BCUT2D eigenvalue weighted by molar-refractivity contribution is 0.376. The van der Waals surface area contributed by atoms with E-state index >= 15 is 0 Å². The highest BCUT2D eigenvalue weighted by Crippen LogP contribution is 2.32. The minimum Gasteiger partial charge on any atom is -0.497 e. The Morgan fingerprint density at radius 1 is 1.12 bits per heavy atom. The molecule has 0 amide bonds. The Hall–Kier alpha value is -3.02. The number of benzene rings is 2. The first-order valence-corrected chi connectivity index (χ1v) is 8.16. The van der Waals surface area contributed by atoms with E-state index in [1.165, 1.54) is 11.3 Å². The molecule has 0 unspecified atom stereocenters. The fraction of sp³-hybridized carbons (Fsp3) is 0.263. The highest BCUT2D eigenvalue weighted by Gasteiger charge is 2.21. The summed E-state index contributed by atoms with van der Waals surface area (Å²) in [4.78, 5) is 6.80. The van der Waals surface area contributed by atoms with Crippen LogP contribution in [-0.4, -0.2) is 30.9 Å². The Balaban J connectivity index is 1.57. The second kappa shape index (κ2) is 6.47. The van der Waals surface area contributed by atoms with E-state index in [-0.39, 0.29) is 0 Å². The van der Waals surface area contributed by atoms with E-state index in [1.807, 2.05) is 18.2 Å². The van der Waals surface area contributed by atoms with Crippen molar-refractivity contribution in [1.29, 1.82) is 0 Å². The SMILES string of the molecule is COc1ccc(-c2noc(CN3CCc4ccccc43)n2)c(OC)c1. The van der Waals surface area contributed by atoms with Gasteiger partial charge in [0.05, 0.1) is 26.3 Å². The van der Waals surface area contributed by atoms with Crippen LogP contribution in [0.15, 0.2) is 47.0 Å². The maximum Gasteiger partial charge on any atom is 0.246 e. The summed E-state index contributed by atoms with van der Waals surface area (Å²) < 4.78 is 16.1. The van der Waals surface area contributed by atoms with E-state index in [0.717, 1.165) is 24.3 Å². The van der Waals surface area contributed by atoms with Gasteiger partial charge in [-0.15, -0.1) is 0 Å². The molecule has 25 heavy (non-hydrogen) atoms. The van der Waals surface area contributed by atoms with E-state index in [4.69, 9.17) is 14.0 Å². The van der Waals surface area contributed by atoms with Crippen molar-refractivity contribution in [2.45, 2.75) is 13.0 Å². The summed E-state index contributed by atoms with van der Waals surface area (Å²) >= 11 is 0. The summed E-state index contributed by atoms with van der Waals surface area (Å²) in [6.45, 7) is 1.56. The van der Waals surface area contributed by atoms with Gasteiger partial charge in [-0.2, -0.15) is 4.98 Å². The molecular formula is C19H19N3O3. The first-order chi connectivity index (χ1) is 12.3. The van der Waals surface area contributed by atoms with Gasteiger partial charge in [-0.25, -0.2) is 0 Å². The summed E-state index contributed by atoms with van der Waals surface area (Å²) in [6, 6.07) is 14.0. The highest BCUT2D eigenvalue weighted by molar-refractivity contribution is 5.65. The van der Waals surface area contributed by atoms with Crippen LogP contribution in [0, 0.1) is 0 Å². The van der Waals surface area contributed by atoms with Crippen LogP contribution in [-0.2, 0) is 13.0 Å². The van der Waals surface area contributed by atoms with Gasteiger partial charge in [-0.3, -0.25) is 0 Å². The van der Waals surface area contributed by atoms with Gasteiger partial charge in [0.25, 0.3) is 0 Å². The molecule has 0 aliphatic carbocycles. The third-order valence-electron chi connectivity index (χ3n) is 4.43. The summed E-state index contributed by atoms with van der Waals surface area (Å²) in [7, 11) is 3.23. The minimum absolute atomic E-state index is 0.516. The van der Waals surface area contributed by atoms with Crippen molar-refractivity contribution in [2.24, 2.45) is 0 Å². The van der Waals surface area contributed by atoms with E-state index in [2.05, 4.69) is 39.3 Å². The summed E-state index contributed by atoms with van der Waals surface area (Å²) in [5, 5.41) is 4.11. The van der Waals surface area contributed by atoms with Crippen molar-refractivity contribution in [2.75, 3.05) is 25.7 Å². The average molecular weight is 337 g/mol. The molecule has 2 heterocycles. The smallest absolute Gasteiger partial charge is 0.246 e. The number of hydrogen-bond donors (Lipinski definition) is 0. The lowest BCUT2D eigenvalue weighted by Gasteiger charge is -2.16. The van der Waals surface area contributed by atoms with Crippen LogP contribution in [0.5, 0.6) is 11.5 Å². The van der Waals surface area contributed by atoms with Gasteiger partial charge in [0.1, 0.15) is 11.5 Å². The molecular weight excluding hydrogens is 318 g/mol. The number of hydrogen-bond acceptors (Lipinski definition) is 6. The van der Waals surface area contributed by atoms with Gasteiger partial charge >= 0.3 is 0 Å². The molecule has 128 valence electrons. The zero-order valence-electron chi connectivity index (χ0n) is 14.2. The quantitative estimate of drug-likeness (QED) is 0.712. The molecule has 6 heteroatoms. The predicted octanol–water partition coefficient (Wildman–Crippen LogP) is 3.32. The topological polar surface area (TPSA) is 60.6 Å². The van der Waals surface area contributed by atoms with Crippen molar-refractivity contribution in [3.63, 3.8) is 0 Å². The molecule has 0 spiro atoms. The van der Waals surface area contributed by atoms with Crippen LogP contribution >= 0.6 is 0 Å². The summed E-state index contributed by atoms with van der Waals surface area (Å²) in [5.74, 6) is 2.47. The molecule has 3 aromatic rings. The molecule has 1 aliphatic heterocycles. The Kier molecular flexibility index (Phi) is 4.01. The monoisotopic (exact) mass is 337 g/mol. The van der Waals surface area contributed by atoms with E-state index in [1.54, 1.807) is 14.2 Å². The van der Waals surface area contributed by atoms with Crippen LogP contribution in [0.2, 0.25) is 0 Å². The van der Waals surface area contributed by atoms with E-state index in [0.29, 0.717) is 24.0 Å². The maximum absolute atomic E-state index is 5.46. The molecule has 0 saturated carbocycles. The molecule has 0 N–H and O–H groups in total. The Labute approximate surface area is 146 Å². The first-order valence-electron chi connectivity index (χ1n) is 8.16. The zero-order chi connectivity index (χ0) is 17.2. The number of rotatable bonds is 5. The third-order valence-corrected chi connectivity index (χ3v) is 4.43. The molecule has 4 rings (SSSR count). The van der Waals surface area contributed by atoms with Crippen molar-refractivity contribution in [1.82, 2.24) is 10.1 Å². The van der Waals surface area contributed by atoms with E-state index in [9.17, 15) is 0 Å². The normalized spacial score (nSPS) is 13.0. The number of nitrogens with zero attached hydrogens (tertiary/aromatic N) is 3. The van der Waals surface area contributed by atoms with Crippen molar-refractivity contribution in [3.05, 3.63) is 53.9 Å². The van der Waals surface area contributed by atoms with Crippen molar-refractivity contribution < 1.29 is 14.0 Å².